The number of rotatable bonds is 16. The molecule has 0 saturated heterocycles. The molecule has 7 nitrogen and oxygen atoms in total. The van der Waals surface area contributed by atoms with Crippen LogP contribution < -0.4 is 11.3 Å². The number of anilines is 1. The highest BCUT2D eigenvalue weighted by Crippen LogP contribution is 2.42. The SMILES string of the molecule is CCCCCCCCCCCCCCCc1[nH]n(-c2cccc(S(=O)(=O)C(Br)(Br)Br)n2)c(=O)c1N. The second-order valence-electron chi connectivity index (χ2n) is 8.92. The number of nitrogen functional groups attached to an aromatic ring is 1. The van der Waals surface area contributed by atoms with E-state index in [2.05, 4.69) is 64.8 Å². The van der Waals surface area contributed by atoms with Gasteiger partial charge in [-0.05, 0) is 72.8 Å². The molecule has 0 aliphatic rings. The molecule has 0 fully saturated rings. The van der Waals surface area contributed by atoms with Crippen molar-refractivity contribution in [2.24, 2.45) is 0 Å². The zero-order valence-electron chi connectivity index (χ0n) is 20.4. The van der Waals surface area contributed by atoms with Crippen LogP contribution in [0, 0.1) is 0 Å². The molecule has 198 valence electrons. The molecule has 0 aliphatic heterocycles. The molecule has 35 heavy (non-hydrogen) atoms. The number of halogens is 3. The van der Waals surface area contributed by atoms with Gasteiger partial charge in [-0.2, -0.15) is 4.68 Å². The summed E-state index contributed by atoms with van der Waals surface area (Å²) in [6, 6.07) is 4.45. The molecule has 0 amide bonds. The van der Waals surface area contributed by atoms with Gasteiger partial charge in [-0.3, -0.25) is 9.89 Å². The fourth-order valence-corrected chi connectivity index (χ4v) is 6.16. The Hall–Kier alpha value is -0.650. The number of aromatic amines is 1. The van der Waals surface area contributed by atoms with Crippen molar-refractivity contribution in [2.45, 2.75) is 103 Å². The van der Waals surface area contributed by atoms with Gasteiger partial charge in [0.15, 0.2) is 10.8 Å². The molecule has 0 unspecified atom stereocenters. The van der Waals surface area contributed by atoms with Crippen LogP contribution in [-0.4, -0.2) is 24.7 Å². The van der Waals surface area contributed by atoms with Gasteiger partial charge in [0.1, 0.15) is 5.69 Å². The topological polar surface area (TPSA) is 111 Å². The van der Waals surface area contributed by atoms with E-state index in [1.54, 1.807) is 6.07 Å². The zero-order valence-corrected chi connectivity index (χ0v) is 25.9. The van der Waals surface area contributed by atoms with E-state index in [0.29, 0.717) is 12.1 Å². The van der Waals surface area contributed by atoms with Crippen LogP contribution in [0.1, 0.15) is 96.1 Å². The van der Waals surface area contributed by atoms with Crippen LogP contribution in [0.5, 0.6) is 0 Å². The first-order valence-electron chi connectivity index (χ1n) is 12.5. The number of aryl methyl sites for hydroxylation is 1. The van der Waals surface area contributed by atoms with E-state index in [9.17, 15) is 13.2 Å². The summed E-state index contributed by atoms with van der Waals surface area (Å²) in [7, 11) is -3.88. The summed E-state index contributed by atoms with van der Waals surface area (Å²) in [5.74, 6) is 0.163. The molecule has 0 aromatic carbocycles. The molecule has 2 aromatic rings. The van der Waals surface area contributed by atoms with E-state index in [4.69, 9.17) is 5.73 Å². The molecule has 2 heterocycles. The third-order valence-electron chi connectivity index (χ3n) is 6.05. The molecule has 0 bridgehead atoms. The van der Waals surface area contributed by atoms with E-state index in [1.165, 1.54) is 87.4 Å². The van der Waals surface area contributed by atoms with Crippen molar-refractivity contribution in [2.75, 3.05) is 5.73 Å². The maximum absolute atomic E-state index is 12.7. The van der Waals surface area contributed by atoms with Crippen LogP contribution in [0.3, 0.4) is 0 Å². The predicted octanol–water partition coefficient (Wildman–Crippen LogP) is 7.35. The lowest BCUT2D eigenvalue weighted by atomic mass is 10.0. The van der Waals surface area contributed by atoms with Crippen LogP contribution in [-0.2, 0) is 16.3 Å². The second-order valence-corrected chi connectivity index (χ2v) is 19.3. The van der Waals surface area contributed by atoms with Gasteiger partial charge in [-0.1, -0.05) is 90.0 Å². The lowest BCUT2D eigenvalue weighted by molar-refractivity contribution is 0.538. The zero-order chi connectivity index (χ0) is 25.9. The summed E-state index contributed by atoms with van der Waals surface area (Å²) < 4.78 is 24.9. The maximum Gasteiger partial charge on any atom is 0.296 e. The summed E-state index contributed by atoms with van der Waals surface area (Å²) in [6.45, 7) is 2.25. The highest BCUT2D eigenvalue weighted by Gasteiger charge is 2.38. The molecular weight excluding hydrogens is 664 g/mol. The van der Waals surface area contributed by atoms with Crippen molar-refractivity contribution in [3.8, 4) is 5.82 Å². The van der Waals surface area contributed by atoms with Crippen molar-refractivity contribution in [3.63, 3.8) is 0 Å². The van der Waals surface area contributed by atoms with Crippen LogP contribution in [0.4, 0.5) is 5.69 Å². The van der Waals surface area contributed by atoms with Crippen molar-refractivity contribution in [1.82, 2.24) is 14.8 Å². The largest absolute Gasteiger partial charge is 0.393 e. The third kappa shape index (κ3) is 9.31. The summed E-state index contributed by atoms with van der Waals surface area (Å²) in [4.78, 5) is 16.8. The Kier molecular flexibility index (Phi) is 13.0. The monoisotopic (exact) mass is 698 g/mol. The van der Waals surface area contributed by atoms with Gasteiger partial charge in [0, 0.05) is 0 Å². The van der Waals surface area contributed by atoms with Crippen LogP contribution in [0.15, 0.2) is 28.0 Å². The molecule has 0 radical (unpaired) electrons. The molecule has 0 spiro atoms. The summed E-state index contributed by atoms with van der Waals surface area (Å²) >= 11 is 9.09. The molecule has 0 atom stereocenters. The lowest BCUT2D eigenvalue weighted by Crippen LogP contribution is -2.22. The number of hydrogen-bond donors (Lipinski definition) is 2. The van der Waals surface area contributed by atoms with Gasteiger partial charge in [0.05, 0.1) is 5.69 Å². The standard InChI is InChI=1S/C24H37Br3N4O3S/c1-2-3-4-5-6-7-8-9-10-11-12-13-14-16-19-22(28)23(32)31(30-19)20-17-15-18-21(29-20)35(33,34)24(25,26)27/h15,17-18,30H,2-14,16,28H2,1H3. The fraction of sp³-hybridized carbons (Fsp3) is 0.667. The first kappa shape index (κ1) is 30.6. The summed E-state index contributed by atoms with van der Waals surface area (Å²) in [5, 5.41) is 2.82. The molecule has 11 heteroatoms. The molecular formula is C24H37Br3N4O3S. The Morgan fingerprint density at radius 2 is 1.43 bits per heavy atom. The van der Waals surface area contributed by atoms with Gasteiger partial charge >= 0.3 is 0 Å². The predicted molar refractivity (Wildman–Crippen MR) is 155 cm³/mol. The normalized spacial score (nSPS) is 12.3. The summed E-state index contributed by atoms with van der Waals surface area (Å²) in [5.41, 5.74) is 6.42. The number of nitrogens with zero attached hydrogens (tertiary/aromatic N) is 2. The molecule has 0 aliphatic carbocycles. The highest BCUT2D eigenvalue weighted by molar-refractivity contribution is 9.42. The lowest BCUT2D eigenvalue weighted by Gasteiger charge is -2.13. The number of nitrogens with two attached hydrogens (primary N) is 1. The number of pyridine rings is 1. The molecule has 0 saturated carbocycles. The average molecular weight is 701 g/mol. The van der Waals surface area contributed by atoms with E-state index in [0.717, 1.165) is 12.8 Å². The quantitative estimate of drug-likeness (QED) is 0.141. The smallest absolute Gasteiger partial charge is 0.296 e. The van der Waals surface area contributed by atoms with Crippen molar-refractivity contribution < 1.29 is 8.42 Å². The Balaban J connectivity index is 1.80. The highest BCUT2D eigenvalue weighted by atomic mass is 80.0. The minimum Gasteiger partial charge on any atom is -0.393 e. The van der Waals surface area contributed by atoms with Crippen molar-refractivity contribution >= 4 is 63.3 Å². The minimum absolute atomic E-state index is 0.148. The fourth-order valence-electron chi connectivity index (χ4n) is 3.96. The number of H-pyrrole nitrogens is 1. The Morgan fingerprint density at radius 1 is 0.914 bits per heavy atom. The van der Waals surface area contributed by atoms with Crippen LogP contribution in [0.25, 0.3) is 5.82 Å². The number of unbranched alkanes of at least 4 members (excludes halogenated alkanes) is 12. The van der Waals surface area contributed by atoms with E-state index >= 15 is 0 Å². The maximum atomic E-state index is 12.7. The van der Waals surface area contributed by atoms with E-state index in [-0.39, 0.29) is 16.5 Å². The summed E-state index contributed by atoms with van der Waals surface area (Å²) in [6.07, 6.45) is 17.2. The first-order valence-corrected chi connectivity index (χ1v) is 16.3. The van der Waals surface area contributed by atoms with Crippen molar-refractivity contribution in [1.29, 1.82) is 0 Å². The molecule has 2 rings (SSSR count). The van der Waals surface area contributed by atoms with Crippen molar-refractivity contribution in [3.05, 3.63) is 34.2 Å². The first-order chi connectivity index (χ1) is 16.6. The van der Waals surface area contributed by atoms with Gasteiger partial charge in [-0.25, -0.2) is 13.4 Å². The average Bonchev–Trinajstić information content (AvgIpc) is 3.10. The van der Waals surface area contributed by atoms with Gasteiger partial charge in [0.2, 0.25) is 11.3 Å². The number of hydrogen-bond acceptors (Lipinski definition) is 5. The Labute approximate surface area is 234 Å². The third-order valence-corrected chi connectivity index (χ3v) is 11.3. The number of nitrogens with one attached hydrogen (secondary N) is 1. The van der Waals surface area contributed by atoms with E-state index in [1.807, 2.05) is 0 Å². The Morgan fingerprint density at radius 3 is 1.94 bits per heavy atom. The second kappa shape index (κ2) is 14.9. The van der Waals surface area contributed by atoms with Crippen LogP contribution >= 0.6 is 47.8 Å². The van der Waals surface area contributed by atoms with E-state index < -0.39 is 16.9 Å². The molecule has 3 N–H and O–H groups in total. The number of aromatic nitrogens is 3. The minimum atomic E-state index is -3.88. The van der Waals surface area contributed by atoms with Crippen LogP contribution in [0.2, 0.25) is 0 Å². The van der Waals surface area contributed by atoms with Gasteiger partial charge in [0.25, 0.3) is 5.56 Å². The number of alkyl halides is 3. The number of sulfone groups is 1. The molecule has 2 aromatic heterocycles. The van der Waals surface area contributed by atoms with Gasteiger partial charge in [-0.15, -0.1) is 0 Å². The van der Waals surface area contributed by atoms with Gasteiger partial charge < -0.3 is 5.73 Å². The Bertz CT molecular complexity index is 1080.